The Kier molecular flexibility index (Phi) is 6.33. The van der Waals surface area contributed by atoms with Gasteiger partial charge in [-0.2, -0.15) is 0 Å². The van der Waals surface area contributed by atoms with Crippen LogP contribution < -0.4 is 5.32 Å². The van der Waals surface area contributed by atoms with Gasteiger partial charge < -0.3 is 15.0 Å². The third-order valence-corrected chi connectivity index (χ3v) is 6.94. The number of benzene rings is 3. The quantitative estimate of drug-likeness (QED) is 0.377. The van der Waals surface area contributed by atoms with Crippen molar-refractivity contribution in [2.45, 2.75) is 26.9 Å². The van der Waals surface area contributed by atoms with E-state index in [2.05, 4.69) is 42.3 Å². The number of carbonyl (C=O) groups excluding carboxylic acids is 1. The average molecular weight is 486 g/mol. The van der Waals surface area contributed by atoms with Gasteiger partial charge in [-0.05, 0) is 66.4 Å². The molecule has 1 fully saturated rings. The van der Waals surface area contributed by atoms with Crippen LogP contribution in [0.5, 0.6) is 0 Å². The van der Waals surface area contributed by atoms with Crippen LogP contribution in [0.4, 0.5) is 10.1 Å². The number of halogens is 1. The van der Waals surface area contributed by atoms with Crippen LogP contribution in [-0.2, 0) is 17.9 Å². The summed E-state index contributed by atoms with van der Waals surface area (Å²) in [5.74, 6) is -1.73. The van der Waals surface area contributed by atoms with Crippen molar-refractivity contribution >= 4 is 28.5 Å². The van der Waals surface area contributed by atoms with E-state index in [9.17, 15) is 14.0 Å². The molecule has 0 spiro atoms. The van der Waals surface area contributed by atoms with Crippen LogP contribution in [0.25, 0.3) is 10.9 Å². The fourth-order valence-electron chi connectivity index (χ4n) is 4.68. The van der Waals surface area contributed by atoms with Gasteiger partial charge in [0.1, 0.15) is 5.82 Å². The molecule has 7 heteroatoms. The number of aliphatic carboxylic acids is 1. The normalized spacial score (nSPS) is 14.1. The summed E-state index contributed by atoms with van der Waals surface area (Å²) in [6, 6.07) is 18.3. The second kappa shape index (κ2) is 9.59. The molecule has 2 heterocycles. The van der Waals surface area contributed by atoms with Gasteiger partial charge >= 0.3 is 5.97 Å². The highest BCUT2D eigenvalue weighted by molar-refractivity contribution is 6.13. The molecule has 1 aromatic heterocycles. The lowest BCUT2D eigenvalue weighted by molar-refractivity contribution is -0.147. The number of fused-ring (bicyclic) bond motifs is 1. The van der Waals surface area contributed by atoms with Gasteiger partial charge in [0.15, 0.2) is 0 Å². The number of likely N-dealkylation sites (tertiary alicyclic amines) is 1. The standard InChI is InChI=1S/C29H28FN3O3/c1-18-3-4-21(11-19(18)2)14-33-17-26(25-12-23(30)7-10-27(25)33)28(34)31-24-8-5-20(6-9-24)13-32-15-22(16-32)29(35)36/h3-12,17,22H,13-16H2,1-2H3,(H,31,34)(H,35,36). The molecule has 1 amide bonds. The first-order chi connectivity index (χ1) is 17.3. The van der Waals surface area contributed by atoms with E-state index in [-0.39, 0.29) is 17.6 Å². The Morgan fingerprint density at radius 2 is 1.67 bits per heavy atom. The van der Waals surface area contributed by atoms with Gasteiger partial charge in [0.25, 0.3) is 5.91 Å². The molecule has 1 aliphatic heterocycles. The van der Waals surface area contributed by atoms with E-state index in [4.69, 9.17) is 5.11 Å². The minimum Gasteiger partial charge on any atom is -0.481 e. The average Bonchev–Trinajstić information content (AvgIpc) is 3.16. The molecule has 1 saturated heterocycles. The summed E-state index contributed by atoms with van der Waals surface area (Å²) in [6.07, 6.45) is 1.78. The van der Waals surface area contributed by atoms with Crippen molar-refractivity contribution < 1.29 is 19.1 Å². The Morgan fingerprint density at radius 1 is 0.944 bits per heavy atom. The number of carbonyl (C=O) groups is 2. The van der Waals surface area contributed by atoms with Crippen molar-refractivity contribution in [3.8, 4) is 0 Å². The summed E-state index contributed by atoms with van der Waals surface area (Å²) in [7, 11) is 0. The second-order valence-corrected chi connectivity index (χ2v) is 9.63. The van der Waals surface area contributed by atoms with Crippen molar-refractivity contribution in [1.29, 1.82) is 0 Å². The summed E-state index contributed by atoms with van der Waals surface area (Å²) >= 11 is 0. The van der Waals surface area contributed by atoms with E-state index < -0.39 is 5.97 Å². The number of rotatable bonds is 7. The van der Waals surface area contributed by atoms with Crippen molar-refractivity contribution in [1.82, 2.24) is 9.47 Å². The Labute approximate surface area is 209 Å². The molecule has 4 aromatic rings. The van der Waals surface area contributed by atoms with Crippen LogP contribution in [0.3, 0.4) is 0 Å². The topological polar surface area (TPSA) is 74.6 Å². The number of aromatic nitrogens is 1. The Morgan fingerprint density at radius 3 is 2.36 bits per heavy atom. The Bertz CT molecular complexity index is 1450. The molecule has 0 bridgehead atoms. The van der Waals surface area contributed by atoms with Gasteiger partial charge in [-0.1, -0.05) is 30.3 Å². The fourth-order valence-corrected chi connectivity index (χ4v) is 4.68. The van der Waals surface area contributed by atoms with E-state index in [1.54, 1.807) is 12.3 Å². The zero-order valence-corrected chi connectivity index (χ0v) is 20.3. The number of anilines is 1. The van der Waals surface area contributed by atoms with Gasteiger partial charge in [0.05, 0.1) is 11.5 Å². The number of nitrogens with one attached hydrogen (secondary N) is 1. The Balaban J connectivity index is 1.33. The first-order valence-corrected chi connectivity index (χ1v) is 12.0. The molecule has 3 aromatic carbocycles. The third-order valence-electron chi connectivity index (χ3n) is 6.94. The molecule has 6 nitrogen and oxygen atoms in total. The van der Waals surface area contributed by atoms with E-state index in [1.807, 2.05) is 28.8 Å². The van der Waals surface area contributed by atoms with Crippen molar-refractivity contribution in [2.75, 3.05) is 18.4 Å². The summed E-state index contributed by atoms with van der Waals surface area (Å²) < 4.78 is 16.1. The van der Waals surface area contributed by atoms with E-state index in [0.717, 1.165) is 16.6 Å². The largest absolute Gasteiger partial charge is 0.481 e. The van der Waals surface area contributed by atoms with Crippen LogP contribution in [0, 0.1) is 25.6 Å². The highest BCUT2D eigenvalue weighted by Crippen LogP contribution is 2.26. The molecular weight excluding hydrogens is 457 g/mol. The van der Waals surface area contributed by atoms with Gasteiger partial charge in [-0.3, -0.25) is 14.5 Å². The lowest BCUT2D eigenvalue weighted by atomic mass is 9.99. The monoisotopic (exact) mass is 485 g/mol. The predicted molar refractivity (Wildman–Crippen MR) is 138 cm³/mol. The first kappa shape index (κ1) is 23.8. The van der Waals surface area contributed by atoms with Crippen LogP contribution in [-0.4, -0.2) is 39.5 Å². The van der Waals surface area contributed by atoms with Crippen molar-refractivity contribution in [2.24, 2.45) is 5.92 Å². The highest BCUT2D eigenvalue weighted by atomic mass is 19.1. The maximum atomic E-state index is 14.1. The minimum atomic E-state index is -0.750. The molecule has 1 aliphatic rings. The molecule has 0 aliphatic carbocycles. The molecule has 5 rings (SSSR count). The Hall–Kier alpha value is -3.97. The smallest absolute Gasteiger partial charge is 0.309 e. The van der Waals surface area contributed by atoms with Gasteiger partial charge in [0.2, 0.25) is 0 Å². The van der Waals surface area contributed by atoms with Crippen molar-refractivity contribution in [3.63, 3.8) is 0 Å². The van der Waals surface area contributed by atoms with E-state index in [1.165, 1.54) is 23.3 Å². The fraction of sp³-hybridized carbons (Fsp3) is 0.241. The number of hydrogen-bond acceptors (Lipinski definition) is 3. The minimum absolute atomic E-state index is 0.287. The van der Waals surface area contributed by atoms with Crippen LogP contribution in [0.2, 0.25) is 0 Å². The molecule has 2 N–H and O–H groups in total. The van der Waals surface area contributed by atoms with Gasteiger partial charge in [-0.15, -0.1) is 0 Å². The van der Waals surface area contributed by atoms with Crippen molar-refractivity contribution in [3.05, 3.63) is 100 Å². The van der Waals surface area contributed by atoms with Crippen LogP contribution in [0.1, 0.15) is 32.6 Å². The summed E-state index contributed by atoms with van der Waals surface area (Å²) in [6.45, 7) is 6.49. The maximum Gasteiger partial charge on any atom is 0.309 e. The van der Waals surface area contributed by atoms with E-state index in [0.29, 0.717) is 42.8 Å². The zero-order chi connectivity index (χ0) is 25.4. The molecule has 0 saturated carbocycles. The maximum absolute atomic E-state index is 14.1. The lowest BCUT2D eigenvalue weighted by Crippen LogP contribution is -2.49. The number of carboxylic acids is 1. The SMILES string of the molecule is Cc1ccc(Cn2cc(C(=O)Nc3ccc(CN4CC(C(=O)O)C4)cc3)c3cc(F)ccc32)cc1C. The van der Waals surface area contributed by atoms with Crippen LogP contribution >= 0.6 is 0 Å². The van der Waals surface area contributed by atoms with Gasteiger partial charge in [-0.25, -0.2) is 4.39 Å². The number of hydrogen-bond donors (Lipinski definition) is 2. The second-order valence-electron chi connectivity index (χ2n) is 9.63. The number of carboxylic acid groups (broad SMARTS) is 1. The first-order valence-electron chi connectivity index (χ1n) is 12.0. The number of aryl methyl sites for hydroxylation is 2. The molecule has 0 radical (unpaired) electrons. The highest BCUT2D eigenvalue weighted by Gasteiger charge is 2.32. The van der Waals surface area contributed by atoms with Gasteiger partial charge in [0, 0.05) is 49.0 Å². The predicted octanol–water partition coefficient (Wildman–Crippen LogP) is 5.21. The zero-order valence-electron chi connectivity index (χ0n) is 20.3. The summed E-state index contributed by atoms with van der Waals surface area (Å²) in [4.78, 5) is 26.3. The van der Waals surface area contributed by atoms with Crippen LogP contribution in [0.15, 0.2) is 66.9 Å². The summed E-state index contributed by atoms with van der Waals surface area (Å²) in [5.41, 5.74) is 6.43. The number of amides is 1. The third kappa shape index (κ3) is 4.88. The number of nitrogens with zero attached hydrogens (tertiary/aromatic N) is 2. The molecule has 0 unspecified atom stereocenters. The molecule has 0 atom stereocenters. The molecular formula is C29H28FN3O3. The lowest BCUT2D eigenvalue weighted by Gasteiger charge is -2.36. The summed E-state index contributed by atoms with van der Waals surface area (Å²) in [5, 5.41) is 12.5. The molecule has 36 heavy (non-hydrogen) atoms. The van der Waals surface area contributed by atoms with E-state index >= 15 is 0 Å². The molecule has 184 valence electrons.